The first-order chi connectivity index (χ1) is 10.0. The number of nitrogens with one attached hydrogen (secondary N) is 1. The Morgan fingerprint density at radius 1 is 1.38 bits per heavy atom. The molecule has 1 amide bonds. The van der Waals surface area contributed by atoms with Crippen LogP contribution in [0.1, 0.15) is 48.5 Å². The SMILES string of the molecule is CC1CCCC(NC(=O)c2cncc(C=CC(=O)O)c2)C1. The zero-order chi connectivity index (χ0) is 15.2. The molecular formula is C16H20N2O3. The molecule has 5 heteroatoms. The van der Waals surface area contributed by atoms with E-state index in [4.69, 9.17) is 5.11 Å². The predicted molar refractivity (Wildman–Crippen MR) is 79.8 cm³/mol. The molecule has 5 nitrogen and oxygen atoms in total. The van der Waals surface area contributed by atoms with Gasteiger partial charge in [0, 0.05) is 24.5 Å². The van der Waals surface area contributed by atoms with Crippen molar-refractivity contribution >= 4 is 18.0 Å². The molecule has 1 saturated carbocycles. The first-order valence-electron chi connectivity index (χ1n) is 7.21. The highest BCUT2D eigenvalue weighted by atomic mass is 16.4. The van der Waals surface area contributed by atoms with Gasteiger partial charge in [0.25, 0.3) is 5.91 Å². The standard InChI is InChI=1S/C16H20N2O3/c1-11-3-2-4-14(7-11)18-16(21)13-8-12(9-17-10-13)5-6-15(19)20/h5-6,8-11,14H,2-4,7H2,1H3,(H,18,21)(H,19,20). The van der Waals surface area contributed by atoms with E-state index in [0.717, 1.165) is 25.3 Å². The van der Waals surface area contributed by atoms with Crippen LogP contribution in [-0.2, 0) is 4.79 Å². The highest BCUT2D eigenvalue weighted by Gasteiger charge is 2.21. The number of carboxylic acids is 1. The molecule has 0 bridgehead atoms. The normalized spacial score (nSPS) is 22.1. The van der Waals surface area contributed by atoms with Gasteiger partial charge in [-0.1, -0.05) is 19.8 Å². The summed E-state index contributed by atoms with van der Waals surface area (Å²) in [6.07, 6.45) is 9.88. The number of pyridine rings is 1. The van der Waals surface area contributed by atoms with Gasteiger partial charge in [0.2, 0.25) is 0 Å². The summed E-state index contributed by atoms with van der Waals surface area (Å²) >= 11 is 0. The Kier molecular flexibility index (Phi) is 5.09. The van der Waals surface area contributed by atoms with E-state index in [2.05, 4.69) is 17.2 Å². The molecule has 0 aromatic carbocycles. The highest BCUT2D eigenvalue weighted by Crippen LogP contribution is 2.23. The van der Waals surface area contributed by atoms with Crippen LogP contribution < -0.4 is 5.32 Å². The summed E-state index contributed by atoms with van der Waals surface area (Å²) in [4.78, 5) is 26.7. The van der Waals surface area contributed by atoms with Crippen LogP contribution in [0.5, 0.6) is 0 Å². The zero-order valence-corrected chi connectivity index (χ0v) is 12.1. The summed E-state index contributed by atoms with van der Waals surface area (Å²) in [7, 11) is 0. The second-order valence-electron chi connectivity index (χ2n) is 5.62. The van der Waals surface area contributed by atoms with Crippen molar-refractivity contribution in [1.29, 1.82) is 0 Å². The van der Waals surface area contributed by atoms with Gasteiger partial charge in [-0.2, -0.15) is 0 Å². The second-order valence-corrected chi connectivity index (χ2v) is 5.62. The molecule has 112 valence electrons. The van der Waals surface area contributed by atoms with Crippen LogP contribution >= 0.6 is 0 Å². The molecule has 1 aliphatic carbocycles. The van der Waals surface area contributed by atoms with Gasteiger partial charge in [0.1, 0.15) is 0 Å². The number of amides is 1. The molecule has 1 aromatic rings. The maximum atomic E-state index is 12.2. The Hall–Kier alpha value is -2.17. The van der Waals surface area contributed by atoms with Crippen LogP contribution in [0.2, 0.25) is 0 Å². The van der Waals surface area contributed by atoms with Crippen LogP contribution in [0.3, 0.4) is 0 Å². The Morgan fingerprint density at radius 2 is 2.19 bits per heavy atom. The quantitative estimate of drug-likeness (QED) is 0.834. The van der Waals surface area contributed by atoms with E-state index in [1.807, 2.05) is 0 Å². The van der Waals surface area contributed by atoms with E-state index >= 15 is 0 Å². The van der Waals surface area contributed by atoms with Gasteiger partial charge in [-0.25, -0.2) is 4.79 Å². The van der Waals surface area contributed by atoms with E-state index in [1.165, 1.54) is 24.9 Å². The number of hydrogen-bond acceptors (Lipinski definition) is 3. The molecule has 2 N–H and O–H groups in total. The van der Waals surface area contributed by atoms with Crippen LogP contribution in [0.15, 0.2) is 24.5 Å². The number of aromatic nitrogens is 1. The number of carboxylic acid groups (broad SMARTS) is 1. The van der Waals surface area contributed by atoms with Gasteiger partial charge in [-0.15, -0.1) is 0 Å². The molecule has 2 atom stereocenters. The van der Waals surface area contributed by atoms with Gasteiger partial charge in [0.05, 0.1) is 5.56 Å². The van der Waals surface area contributed by atoms with Crippen molar-refractivity contribution in [3.8, 4) is 0 Å². The van der Waals surface area contributed by atoms with Gasteiger partial charge in [-0.3, -0.25) is 9.78 Å². The maximum Gasteiger partial charge on any atom is 0.328 e. The maximum absolute atomic E-state index is 12.2. The average Bonchev–Trinajstić information content (AvgIpc) is 2.45. The van der Waals surface area contributed by atoms with Crippen molar-refractivity contribution < 1.29 is 14.7 Å². The fraction of sp³-hybridized carbons (Fsp3) is 0.438. The number of carbonyl (C=O) groups is 2. The van der Waals surface area contributed by atoms with Gasteiger partial charge < -0.3 is 10.4 Å². The third-order valence-corrected chi connectivity index (χ3v) is 3.71. The van der Waals surface area contributed by atoms with E-state index in [-0.39, 0.29) is 11.9 Å². The van der Waals surface area contributed by atoms with Crippen molar-refractivity contribution in [3.05, 3.63) is 35.7 Å². The Balaban J connectivity index is 2.02. The third-order valence-electron chi connectivity index (χ3n) is 3.71. The Bertz CT molecular complexity index is 554. The number of nitrogens with zero attached hydrogens (tertiary/aromatic N) is 1. The van der Waals surface area contributed by atoms with Crippen molar-refractivity contribution in [3.63, 3.8) is 0 Å². The lowest BCUT2D eigenvalue weighted by Crippen LogP contribution is -2.38. The molecule has 2 unspecified atom stereocenters. The minimum Gasteiger partial charge on any atom is -0.478 e. The zero-order valence-electron chi connectivity index (χ0n) is 12.1. The molecule has 1 heterocycles. The summed E-state index contributed by atoms with van der Waals surface area (Å²) in [5.41, 5.74) is 1.06. The van der Waals surface area contributed by atoms with Gasteiger partial charge in [-0.05, 0) is 36.5 Å². The van der Waals surface area contributed by atoms with Crippen molar-refractivity contribution in [2.75, 3.05) is 0 Å². The van der Waals surface area contributed by atoms with E-state index < -0.39 is 5.97 Å². The van der Waals surface area contributed by atoms with Crippen LogP contribution in [-0.4, -0.2) is 28.0 Å². The third kappa shape index (κ3) is 4.70. The summed E-state index contributed by atoms with van der Waals surface area (Å²) < 4.78 is 0. The Labute approximate surface area is 124 Å². The number of aliphatic carboxylic acids is 1. The topological polar surface area (TPSA) is 79.3 Å². The molecule has 21 heavy (non-hydrogen) atoms. The average molecular weight is 288 g/mol. The largest absolute Gasteiger partial charge is 0.478 e. The van der Waals surface area contributed by atoms with Crippen molar-refractivity contribution in [2.24, 2.45) is 5.92 Å². The lowest BCUT2D eigenvalue weighted by Gasteiger charge is -2.27. The van der Waals surface area contributed by atoms with Crippen LogP contribution in [0.4, 0.5) is 0 Å². The molecule has 0 saturated heterocycles. The van der Waals surface area contributed by atoms with E-state index in [0.29, 0.717) is 17.0 Å². The predicted octanol–water partition coefficient (Wildman–Crippen LogP) is 2.49. The van der Waals surface area contributed by atoms with Gasteiger partial charge in [0.15, 0.2) is 0 Å². The lowest BCUT2D eigenvalue weighted by molar-refractivity contribution is -0.131. The minimum absolute atomic E-state index is 0.146. The summed E-state index contributed by atoms with van der Waals surface area (Å²) in [5, 5.41) is 11.6. The van der Waals surface area contributed by atoms with E-state index in [9.17, 15) is 9.59 Å². The van der Waals surface area contributed by atoms with Gasteiger partial charge >= 0.3 is 5.97 Å². The van der Waals surface area contributed by atoms with Crippen molar-refractivity contribution in [2.45, 2.75) is 38.6 Å². The van der Waals surface area contributed by atoms with Crippen molar-refractivity contribution in [1.82, 2.24) is 10.3 Å². The van der Waals surface area contributed by atoms with Crippen LogP contribution in [0, 0.1) is 5.92 Å². The molecule has 1 aromatic heterocycles. The molecule has 0 aliphatic heterocycles. The lowest BCUT2D eigenvalue weighted by atomic mass is 9.87. The monoisotopic (exact) mass is 288 g/mol. The summed E-state index contributed by atoms with van der Waals surface area (Å²) in [5.74, 6) is -0.528. The molecule has 1 aliphatic rings. The molecule has 1 fully saturated rings. The number of hydrogen-bond donors (Lipinski definition) is 2. The second kappa shape index (κ2) is 7.02. The summed E-state index contributed by atoms with van der Waals surface area (Å²) in [6, 6.07) is 1.87. The van der Waals surface area contributed by atoms with Crippen LogP contribution in [0.25, 0.3) is 6.08 Å². The number of carbonyl (C=O) groups excluding carboxylic acids is 1. The summed E-state index contributed by atoms with van der Waals surface area (Å²) in [6.45, 7) is 2.21. The minimum atomic E-state index is -1.03. The molecule has 0 spiro atoms. The smallest absolute Gasteiger partial charge is 0.328 e. The molecule has 0 radical (unpaired) electrons. The molecular weight excluding hydrogens is 268 g/mol. The Morgan fingerprint density at radius 3 is 2.90 bits per heavy atom. The highest BCUT2D eigenvalue weighted by molar-refractivity contribution is 5.95. The van der Waals surface area contributed by atoms with E-state index in [1.54, 1.807) is 6.07 Å². The fourth-order valence-corrected chi connectivity index (χ4v) is 2.67. The fourth-order valence-electron chi connectivity index (χ4n) is 2.67. The first-order valence-corrected chi connectivity index (χ1v) is 7.21. The number of rotatable bonds is 4. The molecule has 2 rings (SSSR count). The first kappa shape index (κ1) is 15.2.